The number of carbonyl (C=O) groups excluding carboxylic acids is 1. The molecule has 28 heavy (non-hydrogen) atoms. The first-order chi connectivity index (χ1) is 13.3. The summed E-state index contributed by atoms with van der Waals surface area (Å²) in [5, 5.41) is 18.4. The van der Waals surface area contributed by atoms with E-state index in [0.717, 1.165) is 19.2 Å². The summed E-state index contributed by atoms with van der Waals surface area (Å²) < 4.78 is 28.9. The first-order valence-corrected chi connectivity index (χ1v) is 8.00. The smallest absolute Gasteiger partial charge is 0.330 e. The van der Waals surface area contributed by atoms with Crippen molar-refractivity contribution in [2.75, 3.05) is 7.05 Å². The lowest BCUT2D eigenvalue weighted by molar-refractivity contribution is -0.0184. The number of hydrogen-bond donors (Lipinski definition) is 4. The van der Waals surface area contributed by atoms with Crippen LogP contribution >= 0.6 is 11.6 Å². The van der Waals surface area contributed by atoms with Crippen LogP contribution < -0.4 is 16.6 Å². The molecule has 1 aromatic heterocycles. The normalized spacial score (nSPS) is 11.1. The van der Waals surface area contributed by atoms with Gasteiger partial charge in [-0.3, -0.25) is 15.6 Å². The van der Waals surface area contributed by atoms with E-state index in [-0.39, 0.29) is 39.8 Å². The van der Waals surface area contributed by atoms with E-state index in [1.54, 1.807) is 0 Å². The van der Waals surface area contributed by atoms with Gasteiger partial charge in [0.05, 0.1) is 17.8 Å². The number of hydrogen-bond acceptors (Lipinski definition) is 6. The maximum atomic E-state index is 14.5. The zero-order valence-electron chi connectivity index (χ0n) is 14.6. The van der Waals surface area contributed by atoms with Crippen LogP contribution in [0.4, 0.5) is 13.6 Å². The molecule has 1 heterocycles. The monoisotopic (exact) mass is 411 g/mol. The number of benzene rings is 1. The Morgan fingerprint density at radius 3 is 2.68 bits per heavy atom. The van der Waals surface area contributed by atoms with Gasteiger partial charge in [0.15, 0.2) is 5.84 Å². The number of urea groups is 1. The number of amidine groups is 1. The number of hydrazone groups is 2. The van der Waals surface area contributed by atoms with Gasteiger partial charge in [0, 0.05) is 30.5 Å². The number of halogens is 3. The standard InChI is InChI=1S/C16H16ClF2N7O2/c1-21-25-15(24-20)14-10(4-9(17)5-12(14)19)8-3-11(18)13(22-6-8)7-23-16(27)26(2)28/h3-6,28H,1,7,20H2,2H3,(H,23,27)(H,24,25). The van der Waals surface area contributed by atoms with Crippen molar-refractivity contribution in [3.8, 4) is 11.1 Å². The SMILES string of the molecule is C=NN/C(=N/N)c1c(F)cc(Cl)cc1-c1cnc(CNC(=O)N(C)O)c(F)c1. The van der Waals surface area contributed by atoms with Gasteiger partial charge in [-0.15, -0.1) is 0 Å². The number of hydroxylamine groups is 2. The first kappa shape index (κ1) is 21.0. The van der Waals surface area contributed by atoms with E-state index >= 15 is 0 Å². The summed E-state index contributed by atoms with van der Waals surface area (Å²) in [5.74, 6) is 3.58. The summed E-state index contributed by atoms with van der Waals surface area (Å²) in [7, 11) is 1.11. The second-order valence-corrected chi connectivity index (χ2v) is 5.83. The Bertz CT molecular complexity index is 937. The van der Waals surface area contributed by atoms with Crippen LogP contribution in [0.3, 0.4) is 0 Å². The third-order valence-electron chi connectivity index (χ3n) is 3.54. The van der Waals surface area contributed by atoms with Gasteiger partial charge in [0.1, 0.15) is 11.6 Å². The molecule has 9 nitrogen and oxygen atoms in total. The Morgan fingerprint density at radius 2 is 2.11 bits per heavy atom. The fourth-order valence-electron chi connectivity index (χ4n) is 2.28. The predicted molar refractivity (Wildman–Crippen MR) is 99.8 cm³/mol. The van der Waals surface area contributed by atoms with E-state index in [1.807, 2.05) is 0 Å². The van der Waals surface area contributed by atoms with Crippen molar-refractivity contribution >= 4 is 30.2 Å². The molecule has 0 unspecified atom stereocenters. The topological polar surface area (TPSA) is 128 Å². The number of nitrogens with zero attached hydrogens (tertiary/aromatic N) is 4. The summed E-state index contributed by atoms with van der Waals surface area (Å²) in [4.78, 5) is 15.3. The maximum Gasteiger partial charge on any atom is 0.341 e. The Hall–Kier alpha value is -3.31. The molecule has 2 aromatic rings. The number of carbonyl (C=O) groups is 1. The zero-order chi connectivity index (χ0) is 20.8. The minimum atomic E-state index is -0.837. The van der Waals surface area contributed by atoms with Gasteiger partial charge < -0.3 is 11.2 Å². The summed E-state index contributed by atoms with van der Waals surface area (Å²) in [6.07, 6.45) is 1.26. The Labute approximate surface area is 163 Å². The van der Waals surface area contributed by atoms with Crippen LogP contribution in [-0.2, 0) is 6.54 Å². The Balaban J connectivity index is 2.46. The van der Waals surface area contributed by atoms with Crippen LogP contribution in [0.5, 0.6) is 0 Å². The number of nitrogens with one attached hydrogen (secondary N) is 2. The van der Waals surface area contributed by atoms with Crippen molar-refractivity contribution in [2.24, 2.45) is 16.0 Å². The van der Waals surface area contributed by atoms with E-state index in [1.165, 1.54) is 12.3 Å². The zero-order valence-corrected chi connectivity index (χ0v) is 15.3. The minimum absolute atomic E-state index is 0.0573. The van der Waals surface area contributed by atoms with E-state index in [4.69, 9.17) is 22.7 Å². The van der Waals surface area contributed by atoms with Gasteiger partial charge in [0.2, 0.25) is 0 Å². The van der Waals surface area contributed by atoms with E-state index in [2.05, 4.69) is 32.6 Å². The highest BCUT2D eigenvalue weighted by Gasteiger charge is 2.19. The third kappa shape index (κ3) is 4.69. The first-order valence-electron chi connectivity index (χ1n) is 7.62. The lowest BCUT2D eigenvalue weighted by Crippen LogP contribution is -2.34. The number of pyridine rings is 1. The molecule has 0 aliphatic heterocycles. The summed E-state index contributed by atoms with van der Waals surface area (Å²) in [6, 6.07) is 2.67. The number of amides is 2. The molecule has 0 saturated carbocycles. The molecule has 0 aliphatic rings. The van der Waals surface area contributed by atoms with Crippen molar-refractivity contribution in [3.05, 3.63) is 52.3 Å². The average molecular weight is 412 g/mol. The largest absolute Gasteiger partial charge is 0.341 e. The maximum absolute atomic E-state index is 14.5. The van der Waals surface area contributed by atoms with Crippen molar-refractivity contribution in [3.63, 3.8) is 0 Å². The molecule has 0 spiro atoms. The molecule has 0 atom stereocenters. The van der Waals surface area contributed by atoms with E-state index in [0.29, 0.717) is 5.06 Å². The number of nitrogens with two attached hydrogens (primary N) is 1. The van der Waals surface area contributed by atoms with Crippen LogP contribution in [0.1, 0.15) is 11.3 Å². The van der Waals surface area contributed by atoms with Gasteiger partial charge in [-0.1, -0.05) is 11.6 Å². The van der Waals surface area contributed by atoms with Crippen LogP contribution in [0.2, 0.25) is 5.02 Å². The lowest BCUT2D eigenvalue weighted by Gasteiger charge is -2.14. The van der Waals surface area contributed by atoms with Gasteiger partial charge in [-0.2, -0.15) is 10.2 Å². The van der Waals surface area contributed by atoms with Gasteiger partial charge in [0.25, 0.3) is 0 Å². The van der Waals surface area contributed by atoms with Crippen molar-refractivity contribution in [2.45, 2.75) is 6.54 Å². The molecule has 5 N–H and O–H groups in total. The quantitative estimate of drug-likeness (QED) is 0.197. The summed E-state index contributed by atoms with van der Waals surface area (Å²) in [5.41, 5.74) is 2.48. The van der Waals surface area contributed by atoms with E-state index < -0.39 is 17.7 Å². The average Bonchev–Trinajstić information content (AvgIpc) is 2.64. The highest BCUT2D eigenvalue weighted by Crippen LogP contribution is 2.30. The molecule has 148 valence electrons. The molecule has 2 rings (SSSR count). The molecule has 0 aliphatic carbocycles. The Morgan fingerprint density at radius 1 is 1.39 bits per heavy atom. The molecular formula is C16H16ClF2N7O2. The second-order valence-electron chi connectivity index (χ2n) is 5.39. The van der Waals surface area contributed by atoms with Crippen molar-refractivity contribution in [1.82, 2.24) is 20.8 Å². The minimum Gasteiger partial charge on any atom is -0.330 e. The summed E-state index contributed by atoms with van der Waals surface area (Å²) in [6.45, 7) is 2.95. The van der Waals surface area contributed by atoms with Crippen LogP contribution in [-0.4, -0.2) is 40.9 Å². The second kappa shape index (κ2) is 9.06. The number of aromatic nitrogens is 1. The molecule has 0 saturated heterocycles. The van der Waals surface area contributed by atoms with E-state index in [9.17, 15) is 13.6 Å². The predicted octanol–water partition coefficient (Wildman–Crippen LogP) is 2.04. The van der Waals surface area contributed by atoms with Gasteiger partial charge in [-0.05, 0) is 23.8 Å². The highest BCUT2D eigenvalue weighted by molar-refractivity contribution is 6.31. The van der Waals surface area contributed by atoms with Crippen LogP contribution in [0.25, 0.3) is 11.1 Å². The fourth-order valence-corrected chi connectivity index (χ4v) is 2.49. The lowest BCUT2D eigenvalue weighted by atomic mass is 9.99. The molecule has 12 heteroatoms. The van der Waals surface area contributed by atoms with Crippen LogP contribution in [0, 0.1) is 11.6 Å². The third-order valence-corrected chi connectivity index (χ3v) is 3.75. The van der Waals surface area contributed by atoms with Crippen LogP contribution in [0.15, 0.2) is 34.6 Å². The Kier molecular flexibility index (Phi) is 6.79. The molecule has 0 fully saturated rings. The van der Waals surface area contributed by atoms with Crippen molar-refractivity contribution in [1.29, 1.82) is 0 Å². The van der Waals surface area contributed by atoms with Gasteiger partial charge in [-0.25, -0.2) is 18.6 Å². The highest BCUT2D eigenvalue weighted by atomic mass is 35.5. The molecule has 0 bridgehead atoms. The van der Waals surface area contributed by atoms with Crippen molar-refractivity contribution < 1.29 is 18.8 Å². The molecule has 0 radical (unpaired) electrons. The molecule has 2 amide bonds. The number of rotatable bonds is 5. The summed E-state index contributed by atoms with van der Waals surface area (Å²) >= 11 is 5.92. The van der Waals surface area contributed by atoms with Gasteiger partial charge >= 0.3 is 6.03 Å². The molecular weight excluding hydrogens is 396 g/mol. The fraction of sp³-hybridized carbons (Fsp3) is 0.125. The molecule has 1 aromatic carbocycles.